The molecular formula is C20H28N2O2. The second-order valence-electron chi connectivity index (χ2n) is 7.31. The lowest BCUT2D eigenvalue weighted by atomic mass is 9.93. The van der Waals surface area contributed by atoms with E-state index in [0.29, 0.717) is 19.0 Å². The van der Waals surface area contributed by atoms with E-state index in [-0.39, 0.29) is 17.9 Å². The quantitative estimate of drug-likeness (QED) is 0.836. The average Bonchev–Trinajstić information content (AvgIpc) is 3.06. The standard InChI is InChI=1S/C20H28N2O2/c1-14-6-7-18(13-15(14)2)19-5-4-10-22(19)20(24)17-8-11-21(12-9-17)16(3)23/h6-7,13,17,19H,4-5,8-12H2,1-3H3. The Balaban J connectivity index is 1.70. The van der Waals surface area contributed by atoms with Gasteiger partial charge in [0.15, 0.2) is 0 Å². The Hall–Kier alpha value is -1.84. The zero-order chi connectivity index (χ0) is 17.3. The van der Waals surface area contributed by atoms with Crippen molar-refractivity contribution in [1.29, 1.82) is 0 Å². The van der Waals surface area contributed by atoms with Gasteiger partial charge in [-0.05, 0) is 56.2 Å². The highest BCUT2D eigenvalue weighted by Crippen LogP contribution is 2.35. The highest BCUT2D eigenvalue weighted by Gasteiger charge is 2.35. The number of likely N-dealkylation sites (tertiary alicyclic amines) is 2. The molecule has 0 N–H and O–H groups in total. The summed E-state index contributed by atoms with van der Waals surface area (Å²) in [5, 5.41) is 0. The number of amides is 2. The number of piperidine rings is 1. The van der Waals surface area contributed by atoms with Crippen molar-refractivity contribution in [2.75, 3.05) is 19.6 Å². The van der Waals surface area contributed by atoms with Crippen LogP contribution in [0.4, 0.5) is 0 Å². The highest BCUT2D eigenvalue weighted by molar-refractivity contribution is 5.80. The lowest BCUT2D eigenvalue weighted by molar-refractivity contribution is -0.140. The summed E-state index contributed by atoms with van der Waals surface area (Å²) in [7, 11) is 0. The fourth-order valence-electron chi connectivity index (χ4n) is 4.02. The Labute approximate surface area is 144 Å². The number of nitrogens with zero attached hydrogens (tertiary/aromatic N) is 2. The molecule has 0 aliphatic carbocycles. The lowest BCUT2D eigenvalue weighted by Gasteiger charge is -2.34. The van der Waals surface area contributed by atoms with Crippen molar-refractivity contribution in [2.24, 2.45) is 5.92 Å². The van der Waals surface area contributed by atoms with Gasteiger partial charge in [0.25, 0.3) is 0 Å². The number of benzene rings is 1. The number of aryl methyl sites for hydroxylation is 2. The van der Waals surface area contributed by atoms with Gasteiger partial charge in [0.05, 0.1) is 6.04 Å². The highest BCUT2D eigenvalue weighted by atomic mass is 16.2. The van der Waals surface area contributed by atoms with Gasteiger partial charge in [-0.2, -0.15) is 0 Å². The average molecular weight is 328 g/mol. The van der Waals surface area contributed by atoms with Crippen molar-refractivity contribution in [3.63, 3.8) is 0 Å². The number of rotatable bonds is 2. The van der Waals surface area contributed by atoms with Crippen LogP contribution in [0.15, 0.2) is 18.2 Å². The molecule has 24 heavy (non-hydrogen) atoms. The fraction of sp³-hybridized carbons (Fsp3) is 0.600. The molecule has 2 saturated heterocycles. The van der Waals surface area contributed by atoms with Crippen LogP contribution in [0.3, 0.4) is 0 Å². The van der Waals surface area contributed by atoms with Crippen molar-refractivity contribution < 1.29 is 9.59 Å². The van der Waals surface area contributed by atoms with Gasteiger partial charge in [0.1, 0.15) is 0 Å². The molecule has 2 aliphatic heterocycles. The van der Waals surface area contributed by atoms with Gasteiger partial charge in [-0.3, -0.25) is 9.59 Å². The van der Waals surface area contributed by atoms with E-state index in [9.17, 15) is 9.59 Å². The normalized spacial score (nSPS) is 22.0. The zero-order valence-corrected chi connectivity index (χ0v) is 15.0. The Bertz CT molecular complexity index is 633. The monoisotopic (exact) mass is 328 g/mol. The van der Waals surface area contributed by atoms with Crippen molar-refractivity contribution in [1.82, 2.24) is 9.80 Å². The van der Waals surface area contributed by atoms with E-state index in [1.165, 1.54) is 16.7 Å². The summed E-state index contributed by atoms with van der Waals surface area (Å²) in [5.41, 5.74) is 3.86. The maximum absolute atomic E-state index is 13.0. The van der Waals surface area contributed by atoms with Crippen LogP contribution in [0, 0.1) is 19.8 Å². The SMILES string of the molecule is CC(=O)N1CCC(C(=O)N2CCCC2c2ccc(C)c(C)c2)CC1. The van der Waals surface area contributed by atoms with Crippen LogP contribution in [-0.4, -0.2) is 41.2 Å². The number of carbonyl (C=O) groups is 2. The van der Waals surface area contributed by atoms with Crippen molar-refractivity contribution in [3.8, 4) is 0 Å². The van der Waals surface area contributed by atoms with Crippen molar-refractivity contribution >= 4 is 11.8 Å². The van der Waals surface area contributed by atoms with Crippen LogP contribution >= 0.6 is 0 Å². The van der Waals surface area contributed by atoms with Crippen LogP contribution in [-0.2, 0) is 9.59 Å². The third-order valence-corrected chi connectivity index (χ3v) is 5.74. The van der Waals surface area contributed by atoms with Crippen LogP contribution in [0.5, 0.6) is 0 Å². The molecule has 0 aromatic heterocycles. The van der Waals surface area contributed by atoms with Gasteiger partial charge in [-0.1, -0.05) is 18.2 Å². The van der Waals surface area contributed by atoms with E-state index in [1.54, 1.807) is 6.92 Å². The van der Waals surface area contributed by atoms with E-state index in [4.69, 9.17) is 0 Å². The van der Waals surface area contributed by atoms with Gasteiger partial charge < -0.3 is 9.80 Å². The number of hydrogen-bond acceptors (Lipinski definition) is 2. The predicted octanol–water partition coefficient (Wildman–Crippen LogP) is 3.23. The predicted molar refractivity (Wildman–Crippen MR) is 94.6 cm³/mol. The molecule has 4 nitrogen and oxygen atoms in total. The van der Waals surface area contributed by atoms with E-state index < -0.39 is 0 Å². The molecule has 2 amide bonds. The fourth-order valence-corrected chi connectivity index (χ4v) is 4.02. The third kappa shape index (κ3) is 3.33. The Morgan fingerprint density at radius 2 is 1.71 bits per heavy atom. The summed E-state index contributed by atoms with van der Waals surface area (Å²) >= 11 is 0. The van der Waals surface area contributed by atoms with E-state index in [0.717, 1.165) is 32.2 Å². The largest absolute Gasteiger partial charge is 0.343 e. The van der Waals surface area contributed by atoms with Gasteiger partial charge in [0.2, 0.25) is 11.8 Å². The summed E-state index contributed by atoms with van der Waals surface area (Å²) in [6, 6.07) is 6.81. The van der Waals surface area contributed by atoms with Crippen molar-refractivity contribution in [2.45, 2.75) is 52.5 Å². The van der Waals surface area contributed by atoms with Crippen LogP contribution in [0.1, 0.15) is 55.3 Å². The minimum Gasteiger partial charge on any atom is -0.343 e. The minimum atomic E-state index is 0.0766. The third-order valence-electron chi connectivity index (χ3n) is 5.74. The molecule has 0 spiro atoms. The van der Waals surface area contributed by atoms with Gasteiger partial charge in [-0.25, -0.2) is 0 Å². The molecule has 0 saturated carbocycles. The molecule has 1 atom stereocenters. The second kappa shape index (κ2) is 6.96. The van der Waals surface area contributed by atoms with Gasteiger partial charge in [0, 0.05) is 32.5 Å². The number of hydrogen-bond donors (Lipinski definition) is 0. The summed E-state index contributed by atoms with van der Waals surface area (Å²) in [6.07, 6.45) is 3.74. The first-order valence-corrected chi connectivity index (χ1v) is 9.10. The summed E-state index contributed by atoms with van der Waals surface area (Å²) in [4.78, 5) is 28.4. The van der Waals surface area contributed by atoms with Crippen LogP contribution in [0.2, 0.25) is 0 Å². The molecule has 1 aromatic carbocycles. The van der Waals surface area contributed by atoms with E-state index in [2.05, 4.69) is 36.9 Å². The molecule has 130 valence electrons. The zero-order valence-electron chi connectivity index (χ0n) is 15.0. The summed E-state index contributed by atoms with van der Waals surface area (Å²) in [5.74, 6) is 0.488. The molecule has 0 bridgehead atoms. The Morgan fingerprint density at radius 1 is 1.00 bits per heavy atom. The topological polar surface area (TPSA) is 40.6 Å². The Morgan fingerprint density at radius 3 is 2.33 bits per heavy atom. The first-order valence-electron chi connectivity index (χ1n) is 9.10. The van der Waals surface area contributed by atoms with Gasteiger partial charge in [-0.15, -0.1) is 0 Å². The molecule has 2 heterocycles. The molecule has 4 heteroatoms. The molecular weight excluding hydrogens is 300 g/mol. The molecule has 0 radical (unpaired) electrons. The summed E-state index contributed by atoms with van der Waals surface area (Å²) < 4.78 is 0. The van der Waals surface area contributed by atoms with Gasteiger partial charge >= 0.3 is 0 Å². The molecule has 1 unspecified atom stereocenters. The maximum atomic E-state index is 13.0. The molecule has 3 rings (SSSR count). The molecule has 1 aromatic rings. The maximum Gasteiger partial charge on any atom is 0.226 e. The second-order valence-corrected chi connectivity index (χ2v) is 7.31. The first kappa shape index (κ1) is 17.0. The van der Waals surface area contributed by atoms with E-state index >= 15 is 0 Å². The summed E-state index contributed by atoms with van der Waals surface area (Å²) in [6.45, 7) is 8.17. The first-order chi connectivity index (χ1) is 11.5. The molecule has 2 aliphatic rings. The minimum absolute atomic E-state index is 0.0766. The smallest absolute Gasteiger partial charge is 0.226 e. The van der Waals surface area contributed by atoms with Crippen molar-refractivity contribution in [3.05, 3.63) is 34.9 Å². The van der Waals surface area contributed by atoms with Crippen LogP contribution < -0.4 is 0 Å². The van der Waals surface area contributed by atoms with E-state index in [1.807, 2.05) is 4.90 Å². The molecule has 2 fully saturated rings. The number of carbonyl (C=O) groups excluding carboxylic acids is 2. The Kier molecular flexibility index (Phi) is 4.93. The lowest BCUT2D eigenvalue weighted by Crippen LogP contribution is -2.43. The van der Waals surface area contributed by atoms with Crippen LogP contribution in [0.25, 0.3) is 0 Å².